The highest BCUT2D eigenvalue weighted by molar-refractivity contribution is 6.30. The fourth-order valence-corrected chi connectivity index (χ4v) is 4.33. The summed E-state index contributed by atoms with van der Waals surface area (Å²) in [5.41, 5.74) is 1.42. The van der Waals surface area contributed by atoms with Crippen LogP contribution in [0, 0.1) is 5.92 Å². The third-order valence-corrected chi connectivity index (χ3v) is 5.69. The highest BCUT2D eigenvalue weighted by atomic mass is 35.5. The molecule has 21 heavy (non-hydrogen) atoms. The van der Waals surface area contributed by atoms with E-state index in [0.29, 0.717) is 0 Å². The number of benzene rings is 1. The SMILES string of the molecule is C[C@H]1CCC[NH+](C2CC[NH+](Cc3ccc(Cl)cc3)CC2)C1. The van der Waals surface area contributed by atoms with Crippen LogP contribution in [0.5, 0.6) is 0 Å². The Balaban J connectivity index is 1.47. The van der Waals surface area contributed by atoms with Crippen LogP contribution in [0.2, 0.25) is 5.02 Å². The molecule has 116 valence electrons. The zero-order chi connectivity index (χ0) is 14.7. The summed E-state index contributed by atoms with van der Waals surface area (Å²) in [6, 6.07) is 9.32. The maximum Gasteiger partial charge on any atom is 0.103 e. The Morgan fingerprint density at radius 3 is 2.43 bits per heavy atom. The summed E-state index contributed by atoms with van der Waals surface area (Å²) < 4.78 is 0. The largest absolute Gasteiger partial charge is 0.332 e. The second-order valence-corrected chi connectivity index (χ2v) is 7.62. The summed E-state index contributed by atoms with van der Waals surface area (Å²) in [6.45, 7) is 9.10. The molecule has 0 saturated carbocycles. The molecule has 0 amide bonds. The number of likely N-dealkylation sites (tertiary alicyclic amines) is 2. The molecule has 1 aromatic rings. The minimum atomic E-state index is 0.843. The molecule has 2 aliphatic rings. The van der Waals surface area contributed by atoms with Gasteiger partial charge in [0.2, 0.25) is 0 Å². The molecule has 1 aromatic carbocycles. The number of halogens is 1. The molecule has 2 heterocycles. The molecule has 2 N–H and O–H groups in total. The molecule has 3 rings (SSSR count). The fourth-order valence-electron chi connectivity index (χ4n) is 4.20. The maximum absolute atomic E-state index is 5.96. The summed E-state index contributed by atoms with van der Waals surface area (Å²) >= 11 is 5.96. The lowest BCUT2D eigenvalue weighted by Gasteiger charge is -2.37. The van der Waals surface area contributed by atoms with Crippen molar-refractivity contribution >= 4 is 11.6 Å². The van der Waals surface area contributed by atoms with E-state index in [4.69, 9.17) is 11.6 Å². The average Bonchev–Trinajstić information content (AvgIpc) is 2.50. The van der Waals surface area contributed by atoms with Crippen LogP contribution in [0.3, 0.4) is 0 Å². The van der Waals surface area contributed by atoms with Gasteiger partial charge < -0.3 is 9.80 Å². The van der Waals surface area contributed by atoms with Gasteiger partial charge in [-0.3, -0.25) is 0 Å². The Bertz CT molecular complexity index is 437. The summed E-state index contributed by atoms with van der Waals surface area (Å²) in [4.78, 5) is 3.65. The Hall–Kier alpha value is -0.570. The molecular formula is C18H29ClN2+2. The number of piperidine rings is 2. The quantitative estimate of drug-likeness (QED) is 0.830. The van der Waals surface area contributed by atoms with E-state index in [2.05, 4.69) is 19.1 Å². The van der Waals surface area contributed by atoms with Gasteiger partial charge in [0.05, 0.1) is 32.2 Å². The fraction of sp³-hybridized carbons (Fsp3) is 0.667. The van der Waals surface area contributed by atoms with Gasteiger partial charge >= 0.3 is 0 Å². The van der Waals surface area contributed by atoms with Crippen LogP contribution in [0.1, 0.15) is 38.2 Å². The van der Waals surface area contributed by atoms with Crippen LogP contribution in [-0.4, -0.2) is 32.2 Å². The average molecular weight is 309 g/mol. The first-order chi connectivity index (χ1) is 10.2. The number of hydrogen-bond acceptors (Lipinski definition) is 0. The van der Waals surface area contributed by atoms with E-state index in [9.17, 15) is 0 Å². The molecule has 2 fully saturated rings. The van der Waals surface area contributed by atoms with Crippen molar-refractivity contribution in [3.63, 3.8) is 0 Å². The highest BCUT2D eigenvalue weighted by Gasteiger charge is 2.32. The Kier molecular flexibility index (Phi) is 5.20. The molecule has 1 unspecified atom stereocenters. The van der Waals surface area contributed by atoms with Crippen LogP contribution in [0.15, 0.2) is 24.3 Å². The molecule has 3 heteroatoms. The zero-order valence-corrected chi connectivity index (χ0v) is 14.0. The Morgan fingerprint density at radius 2 is 1.76 bits per heavy atom. The van der Waals surface area contributed by atoms with Gasteiger partial charge in [0.25, 0.3) is 0 Å². The van der Waals surface area contributed by atoms with Crippen molar-refractivity contribution in [1.82, 2.24) is 0 Å². The summed E-state index contributed by atoms with van der Waals surface area (Å²) in [5, 5.41) is 0.843. The summed E-state index contributed by atoms with van der Waals surface area (Å²) in [6.07, 6.45) is 5.70. The molecule has 0 aliphatic carbocycles. The first kappa shape index (κ1) is 15.3. The predicted octanol–water partition coefficient (Wildman–Crippen LogP) is 1.20. The van der Waals surface area contributed by atoms with Crippen molar-refractivity contribution in [3.8, 4) is 0 Å². The van der Waals surface area contributed by atoms with Gasteiger partial charge in [-0.15, -0.1) is 0 Å². The summed E-state index contributed by atoms with van der Waals surface area (Å²) in [7, 11) is 0. The van der Waals surface area contributed by atoms with Gasteiger partial charge in [0, 0.05) is 29.3 Å². The van der Waals surface area contributed by atoms with E-state index in [1.54, 1.807) is 4.90 Å². The third-order valence-electron chi connectivity index (χ3n) is 5.44. The van der Waals surface area contributed by atoms with E-state index in [1.165, 1.54) is 57.4 Å². The van der Waals surface area contributed by atoms with Gasteiger partial charge in [-0.1, -0.05) is 30.7 Å². The minimum absolute atomic E-state index is 0.843. The van der Waals surface area contributed by atoms with E-state index in [0.717, 1.165) is 23.5 Å². The molecule has 0 radical (unpaired) electrons. The van der Waals surface area contributed by atoms with Crippen molar-refractivity contribution in [3.05, 3.63) is 34.9 Å². The molecule has 2 nitrogen and oxygen atoms in total. The zero-order valence-electron chi connectivity index (χ0n) is 13.2. The van der Waals surface area contributed by atoms with Crippen LogP contribution in [0.4, 0.5) is 0 Å². The van der Waals surface area contributed by atoms with Gasteiger partial charge in [-0.25, -0.2) is 0 Å². The lowest BCUT2D eigenvalue weighted by atomic mass is 9.95. The number of hydrogen-bond donors (Lipinski definition) is 2. The molecule has 0 aromatic heterocycles. The van der Waals surface area contributed by atoms with Gasteiger partial charge in [-0.05, 0) is 25.0 Å². The molecule has 2 atom stereocenters. The van der Waals surface area contributed by atoms with Crippen molar-refractivity contribution in [2.45, 2.75) is 45.2 Å². The first-order valence-corrected chi connectivity index (χ1v) is 9.01. The third kappa shape index (κ3) is 4.21. The second-order valence-electron chi connectivity index (χ2n) is 7.19. The topological polar surface area (TPSA) is 8.88 Å². The van der Waals surface area contributed by atoms with Gasteiger partial charge in [0.15, 0.2) is 0 Å². The van der Waals surface area contributed by atoms with Crippen LogP contribution in [-0.2, 0) is 6.54 Å². The van der Waals surface area contributed by atoms with E-state index in [1.807, 2.05) is 17.0 Å². The van der Waals surface area contributed by atoms with Crippen molar-refractivity contribution in [1.29, 1.82) is 0 Å². The van der Waals surface area contributed by atoms with Crippen LogP contribution >= 0.6 is 11.6 Å². The smallest absolute Gasteiger partial charge is 0.103 e. The summed E-state index contributed by atoms with van der Waals surface area (Å²) in [5.74, 6) is 0.938. The molecule has 2 aliphatic heterocycles. The monoisotopic (exact) mass is 308 g/mol. The van der Waals surface area contributed by atoms with Crippen LogP contribution < -0.4 is 9.80 Å². The lowest BCUT2D eigenvalue weighted by molar-refractivity contribution is -0.967. The minimum Gasteiger partial charge on any atom is -0.332 e. The standard InChI is InChI=1S/C18H27ClN2/c1-15-3-2-10-21(13-15)18-8-11-20(12-9-18)14-16-4-6-17(19)7-5-16/h4-7,15,18H,2-3,8-14H2,1H3/p+2/t15-/m0/s1. The highest BCUT2D eigenvalue weighted by Crippen LogP contribution is 2.10. The maximum atomic E-state index is 5.96. The van der Waals surface area contributed by atoms with Crippen molar-refractivity contribution in [2.75, 3.05) is 26.2 Å². The number of quaternary nitrogens is 2. The predicted molar refractivity (Wildman–Crippen MR) is 88.0 cm³/mol. The van der Waals surface area contributed by atoms with Gasteiger partial charge in [-0.2, -0.15) is 0 Å². The first-order valence-electron chi connectivity index (χ1n) is 8.63. The van der Waals surface area contributed by atoms with E-state index < -0.39 is 0 Å². The van der Waals surface area contributed by atoms with Gasteiger partial charge in [0.1, 0.15) is 6.54 Å². The second kappa shape index (κ2) is 7.13. The van der Waals surface area contributed by atoms with Crippen molar-refractivity contribution in [2.24, 2.45) is 5.92 Å². The molecular weight excluding hydrogens is 280 g/mol. The number of nitrogens with one attached hydrogen (secondary N) is 2. The molecule has 2 saturated heterocycles. The molecule has 0 spiro atoms. The normalized spacial score (nSPS) is 33.8. The van der Waals surface area contributed by atoms with Crippen LogP contribution in [0.25, 0.3) is 0 Å². The molecule has 0 bridgehead atoms. The van der Waals surface area contributed by atoms with E-state index in [-0.39, 0.29) is 0 Å². The Morgan fingerprint density at radius 1 is 1.05 bits per heavy atom. The Labute approximate surface area is 134 Å². The lowest BCUT2D eigenvalue weighted by Crippen LogP contribution is -3.21. The van der Waals surface area contributed by atoms with Crippen molar-refractivity contribution < 1.29 is 9.80 Å². The van der Waals surface area contributed by atoms with E-state index >= 15 is 0 Å². The number of rotatable bonds is 3.